The summed E-state index contributed by atoms with van der Waals surface area (Å²) in [7, 11) is 0. The summed E-state index contributed by atoms with van der Waals surface area (Å²) in [5, 5.41) is 5.55. The Morgan fingerprint density at radius 2 is 0.500 bits per heavy atom. The molecule has 0 atom stereocenters. The van der Waals surface area contributed by atoms with Crippen molar-refractivity contribution in [3.63, 3.8) is 0 Å². The third-order valence-corrected chi connectivity index (χ3v) is 10.3. The first kappa shape index (κ1) is 51.5. The molecule has 318 valence electrons. The molecule has 0 unspecified atom stereocenters. The average Bonchev–Trinajstić information content (AvgIpc) is 3.17. The van der Waals surface area contributed by atoms with Gasteiger partial charge in [0.1, 0.15) is 0 Å². The highest BCUT2D eigenvalue weighted by Gasteiger charge is 2.07. The van der Waals surface area contributed by atoms with E-state index in [2.05, 4.69) is 46.2 Å². The van der Waals surface area contributed by atoms with Crippen molar-refractivity contribution in [2.45, 2.75) is 245 Å². The van der Waals surface area contributed by atoms with Crippen LogP contribution in [0.3, 0.4) is 0 Å². The van der Waals surface area contributed by atoms with Crippen LogP contribution in [0.4, 0.5) is 9.59 Å². The van der Waals surface area contributed by atoms with E-state index >= 15 is 0 Å². The van der Waals surface area contributed by atoms with Gasteiger partial charge in [-0.1, -0.05) is 206 Å². The standard InChI is InChI=1S/C44H88N6O4/c1-3-5-7-9-11-13-15-17-19-21-23-25-27-29-31-35-39-45-43(53)49-47-41(51)37-33-34-38-42(52)48-50-44(54)46-40-36-32-30-28-26-24-22-20-18-16-14-12-10-8-6-4-2/h3-40H2,1-2H3,(H,47,51)(H,48,52)(H2,45,49,53)(H2,46,50,54). The lowest BCUT2D eigenvalue weighted by atomic mass is 10.0. The first-order valence-electron chi connectivity index (χ1n) is 23.1. The zero-order chi connectivity index (χ0) is 39.4. The fraction of sp³-hybridized carbons (Fsp3) is 0.909. The normalized spacial score (nSPS) is 10.9. The molecule has 0 aromatic carbocycles. The Bertz CT molecular complexity index is 791. The molecule has 0 aromatic rings. The van der Waals surface area contributed by atoms with Crippen molar-refractivity contribution in [1.82, 2.24) is 32.3 Å². The highest BCUT2D eigenvalue weighted by atomic mass is 16.2. The quantitative estimate of drug-likeness (QED) is 0.0274. The molecule has 0 radical (unpaired) electrons. The van der Waals surface area contributed by atoms with Crippen LogP contribution in [0, 0.1) is 0 Å². The Kier molecular flexibility index (Phi) is 41.2. The van der Waals surface area contributed by atoms with Gasteiger partial charge in [0, 0.05) is 25.9 Å². The molecule has 0 spiro atoms. The minimum absolute atomic E-state index is 0.194. The summed E-state index contributed by atoms with van der Waals surface area (Å²) in [5.41, 5.74) is 9.59. The van der Waals surface area contributed by atoms with E-state index in [1.165, 1.54) is 180 Å². The largest absolute Gasteiger partial charge is 0.337 e. The smallest absolute Gasteiger partial charge is 0.333 e. The second-order valence-electron chi connectivity index (χ2n) is 15.7. The molecule has 0 fully saturated rings. The third kappa shape index (κ3) is 42.2. The van der Waals surface area contributed by atoms with E-state index in [0.29, 0.717) is 25.9 Å². The summed E-state index contributed by atoms with van der Waals surface area (Å²) in [4.78, 5) is 47.9. The molecule has 6 amide bonds. The summed E-state index contributed by atoms with van der Waals surface area (Å²) >= 11 is 0. The van der Waals surface area contributed by atoms with Crippen molar-refractivity contribution in [2.75, 3.05) is 13.1 Å². The van der Waals surface area contributed by atoms with E-state index in [1.807, 2.05) is 0 Å². The first-order chi connectivity index (χ1) is 26.5. The lowest BCUT2D eigenvalue weighted by Crippen LogP contribution is -2.47. The highest BCUT2D eigenvalue weighted by molar-refractivity contribution is 5.82. The lowest BCUT2D eigenvalue weighted by molar-refractivity contribution is -0.123. The maximum atomic E-state index is 12.0. The number of hydrazine groups is 2. The van der Waals surface area contributed by atoms with Crippen molar-refractivity contribution >= 4 is 23.9 Å². The summed E-state index contributed by atoms with van der Waals surface area (Å²) in [6.45, 7) is 5.71. The van der Waals surface area contributed by atoms with Crippen LogP contribution in [-0.4, -0.2) is 37.0 Å². The van der Waals surface area contributed by atoms with E-state index in [0.717, 1.165) is 25.7 Å². The van der Waals surface area contributed by atoms with Crippen LogP contribution >= 0.6 is 0 Å². The third-order valence-electron chi connectivity index (χ3n) is 10.3. The average molecular weight is 765 g/mol. The van der Waals surface area contributed by atoms with Gasteiger partial charge in [-0.3, -0.25) is 20.4 Å². The van der Waals surface area contributed by atoms with Crippen molar-refractivity contribution in [2.24, 2.45) is 0 Å². The summed E-state index contributed by atoms with van der Waals surface area (Å²) < 4.78 is 0. The molecular formula is C44H88N6O4. The van der Waals surface area contributed by atoms with Gasteiger partial charge in [0.05, 0.1) is 0 Å². The summed E-state index contributed by atoms with van der Waals surface area (Å²) in [5.74, 6) is -0.612. The predicted octanol–water partition coefficient (Wildman–Crippen LogP) is 11.7. The molecule has 0 aliphatic heterocycles. The van der Waals surface area contributed by atoms with Crippen molar-refractivity contribution in [3.05, 3.63) is 0 Å². The van der Waals surface area contributed by atoms with Gasteiger partial charge in [-0.25, -0.2) is 20.4 Å². The van der Waals surface area contributed by atoms with Gasteiger partial charge in [0.2, 0.25) is 11.8 Å². The lowest BCUT2D eigenvalue weighted by Gasteiger charge is -2.10. The van der Waals surface area contributed by atoms with Crippen LogP contribution in [0.25, 0.3) is 0 Å². The second kappa shape index (κ2) is 43.2. The Morgan fingerprint density at radius 3 is 0.741 bits per heavy atom. The topological polar surface area (TPSA) is 140 Å². The highest BCUT2D eigenvalue weighted by Crippen LogP contribution is 2.15. The van der Waals surface area contributed by atoms with Crippen molar-refractivity contribution in [1.29, 1.82) is 0 Å². The minimum atomic E-state index is -0.414. The monoisotopic (exact) mass is 765 g/mol. The maximum absolute atomic E-state index is 12.0. The molecule has 0 heterocycles. The zero-order valence-corrected chi connectivity index (χ0v) is 35.5. The van der Waals surface area contributed by atoms with Crippen molar-refractivity contribution in [3.8, 4) is 0 Å². The number of nitrogens with one attached hydrogen (secondary N) is 6. The molecule has 0 rings (SSSR count). The van der Waals surface area contributed by atoms with Gasteiger partial charge >= 0.3 is 12.1 Å². The van der Waals surface area contributed by atoms with Crippen LogP contribution in [-0.2, 0) is 9.59 Å². The van der Waals surface area contributed by atoms with Crippen LogP contribution in [0.15, 0.2) is 0 Å². The van der Waals surface area contributed by atoms with Crippen LogP contribution < -0.4 is 32.3 Å². The molecule has 6 N–H and O–H groups in total. The van der Waals surface area contributed by atoms with Crippen molar-refractivity contribution < 1.29 is 19.2 Å². The first-order valence-corrected chi connectivity index (χ1v) is 23.1. The van der Waals surface area contributed by atoms with Crippen LogP contribution in [0.2, 0.25) is 0 Å². The fourth-order valence-corrected chi connectivity index (χ4v) is 6.79. The molecule has 0 aromatic heterocycles. The number of amides is 6. The molecular weight excluding hydrogens is 677 g/mol. The van der Waals surface area contributed by atoms with E-state index in [1.54, 1.807) is 0 Å². The maximum Gasteiger partial charge on any atom is 0.333 e. The van der Waals surface area contributed by atoms with Gasteiger partial charge in [-0.05, 0) is 25.7 Å². The van der Waals surface area contributed by atoms with Gasteiger partial charge in [-0.15, -0.1) is 0 Å². The van der Waals surface area contributed by atoms with Gasteiger partial charge in [0.15, 0.2) is 0 Å². The number of unbranched alkanes of at least 4 members (excludes halogenated alkanes) is 31. The molecule has 0 aliphatic carbocycles. The van der Waals surface area contributed by atoms with Crippen LogP contribution in [0.1, 0.15) is 245 Å². The van der Waals surface area contributed by atoms with Gasteiger partial charge < -0.3 is 10.6 Å². The Hall–Kier alpha value is -2.52. The minimum Gasteiger partial charge on any atom is -0.337 e. The number of rotatable bonds is 39. The predicted molar refractivity (Wildman–Crippen MR) is 227 cm³/mol. The van der Waals surface area contributed by atoms with Gasteiger partial charge in [-0.2, -0.15) is 0 Å². The van der Waals surface area contributed by atoms with Crippen LogP contribution in [0.5, 0.6) is 0 Å². The molecule has 54 heavy (non-hydrogen) atoms. The molecule has 10 heteroatoms. The molecule has 0 saturated carbocycles. The molecule has 10 nitrogen and oxygen atoms in total. The number of hydrogen-bond donors (Lipinski definition) is 6. The molecule has 0 bridgehead atoms. The Morgan fingerprint density at radius 1 is 0.278 bits per heavy atom. The number of hydrogen-bond acceptors (Lipinski definition) is 4. The number of carbonyl (C=O) groups excluding carboxylic acids is 4. The molecule has 0 saturated heterocycles. The number of carbonyl (C=O) groups is 4. The Labute approximate surface area is 332 Å². The van der Waals surface area contributed by atoms with E-state index in [4.69, 9.17) is 0 Å². The fourth-order valence-electron chi connectivity index (χ4n) is 6.79. The zero-order valence-electron chi connectivity index (χ0n) is 35.5. The summed E-state index contributed by atoms with van der Waals surface area (Å²) in [6, 6.07) is -0.828. The second-order valence-corrected chi connectivity index (χ2v) is 15.7. The SMILES string of the molecule is CCCCCCCCCCCCCCCCCCNC(=O)NNC(=O)CCCCC(=O)NNC(=O)NCCCCCCCCCCCCCCCCCC. The summed E-state index contributed by atoms with van der Waals surface area (Å²) in [6.07, 6.45) is 43.4. The van der Waals surface area contributed by atoms with E-state index in [-0.39, 0.29) is 24.7 Å². The van der Waals surface area contributed by atoms with E-state index < -0.39 is 12.1 Å². The van der Waals surface area contributed by atoms with E-state index in [9.17, 15) is 19.2 Å². The molecule has 0 aliphatic rings. The Balaban J connectivity index is 3.43. The van der Waals surface area contributed by atoms with Gasteiger partial charge in [0.25, 0.3) is 0 Å². The number of urea groups is 2.